The molecule has 1 fully saturated rings. The first-order valence-corrected chi connectivity index (χ1v) is 11.8. The lowest BCUT2D eigenvalue weighted by Gasteiger charge is -2.36. The second-order valence-corrected chi connectivity index (χ2v) is 8.97. The smallest absolute Gasteiger partial charge is 0.416 e. The number of hydrogen-bond donors (Lipinski definition) is 0. The number of carbonyl (C=O) groups excluding carboxylic acids is 1. The van der Waals surface area contributed by atoms with Gasteiger partial charge in [-0.05, 0) is 30.2 Å². The van der Waals surface area contributed by atoms with E-state index in [0.717, 1.165) is 23.1 Å². The fourth-order valence-electron chi connectivity index (χ4n) is 4.27. The topological polar surface area (TPSA) is 62.5 Å². The van der Waals surface area contributed by atoms with E-state index >= 15 is 0 Å². The number of aryl methyl sites for hydroxylation is 1. The van der Waals surface area contributed by atoms with Crippen LogP contribution < -0.4 is 4.90 Å². The molecule has 35 heavy (non-hydrogen) atoms. The number of rotatable bonds is 6. The molecule has 0 N–H and O–H groups in total. The van der Waals surface area contributed by atoms with Gasteiger partial charge in [-0.2, -0.15) is 13.2 Å². The Morgan fingerprint density at radius 1 is 1.09 bits per heavy atom. The minimum absolute atomic E-state index is 0.100. The molecule has 6 nitrogen and oxygen atoms in total. The molecule has 0 spiro atoms. The number of hydrogen-bond acceptors (Lipinski definition) is 5. The number of benzene rings is 1. The Hall–Kier alpha value is -3.36. The van der Waals surface area contributed by atoms with Crippen LogP contribution in [-0.4, -0.2) is 47.0 Å². The standard InChI is InChI=1S/C26H29F3N4O2/c1-4-21-20(16-18-7-5-8-19(15-18)26(27,28)29)24(31-23(30-21)17(2)3)32-10-12-33(13-11-32)25(34)22-9-6-14-35-22/h5-9,14-15,17H,4,10-13,16H2,1-3H3. The summed E-state index contributed by atoms with van der Waals surface area (Å²) in [5.41, 5.74) is 1.56. The normalized spacial score (nSPS) is 14.6. The highest BCUT2D eigenvalue weighted by molar-refractivity contribution is 5.91. The summed E-state index contributed by atoms with van der Waals surface area (Å²) in [5, 5.41) is 0. The second kappa shape index (κ2) is 10.1. The van der Waals surface area contributed by atoms with Crippen LogP contribution in [0.25, 0.3) is 0 Å². The number of alkyl halides is 3. The number of piperazine rings is 1. The molecular formula is C26H29F3N4O2. The highest BCUT2D eigenvalue weighted by atomic mass is 19.4. The molecule has 3 heterocycles. The van der Waals surface area contributed by atoms with Crippen molar-refractivity contribution in [2.75, 3.05) is 31.1 Å². The van der Waals surface area contributed by atoms with Gasteiger partial charge in [-0.15, -0.1) is 0 Å². The Labute approximate surface area is 202 Å². The molecule has 0 atom stereocenters. The Bertz CT molecular complexity index is 1170. The molecule has 1 aliphatic heterocycles. The molecule has 1 saturated heterocycles. The Morgan fingerprint density at radius 2 is 1.83 bits per heavy atom. The number of halogens is 3. The van der Waals surface area contributed by atoms with Gasteiger partial charge in [-0.3, -0.25) is 4.79 Å². The highest BCUT2D eigenvalue weighted by Crippen LogP contribution is 2.32. The Balaban J connectivity index is 1.64. The highest BCUT2D eigenvalue weighted by Gasteiger charge is 2.31. The van der Waals surface area contributed by atoms with Crippen molar-refractivity contribution in [3.05, 3.63) is 76.6 Å². The van der Waals surface area contributed by atoms with E-state index < -0.39 is 11.7 Å². The average Bonchev–Trinajstić information content (AvgIpc) is 3.38. The lowest BCUT2D eigenvalue weighted by molar-refractivity contribution is -0.137. The number of furan rings is 1. The van der Waals surface area contributed by atoms with Gasteiger partial charge in [0.1, 0.15) is 11.6 Å². The molecule has 4 rings (SSSR count). The van der Waals surface area contributed by atoms with Crippen LogP contribution in [0.4, 0.5) is 19.0 Å². The van der Waals surface area contributed by atoms with E-state index in [1.807, 2.05) is 20.8 Å². The zero-order chi connectivity index (χ0) is 25.2. The molecule has 1 aromatic carbocycles. The van der Waals surface area contributed by atoms with Crippen molar-refractivity contribution in [2.24, 2.45) is 0 Å². The van der Waals surface area contributed by atoms with Crippen LogP contribution in [0.5, 0.6) is 0 Å². The maximum Gasteiger partial charge on any atom is 0.416 e. The summed E-state index contributed by atoms with van der Waals surface area (Å²) in [6.07, 6.45) is -1.99. The zero-order valence-electron chi connectivity index (χ0n) is 20.1. The molecule has 9 heteroatoms. The van der Waals surface area contributed by atoms with E-state index in [1.54, 1.807) is 23.1 Å². The van der Waals surface area contributed by atoms with Crippen LogP contribution >= 0.6 is 0 Å². The van der Waals surface area contributed by atoms with Crippen LogP contribution in [0.2, 0.25) is 0 Å². The van der Waals surface area contributed by atoms with Crippen molar-refractivity contribution in [1.82, 2.24) is 14.9 Å². The maximum atomic E-state index is 13.3. The molecule has 0 aliphatic carbocycles. The molecule has 1 amide bonds. The predicted molar refractivity (Wildman–Crippen MR) is 127 cm³/mol. The summed E-state index contributed by atoms with van der Waals surface area (Å²) in [7, 11) is 0. The predicted octanol–water partition coefficient (Wildman–Crippen LogP) is 5.33. The minimum atomic E-state index is -4.40. The minimum Gasteiger partial charge on any atom is -0.459 e. The summed E-state index contributed by atoms with van der Waals surface area (Å²) in [6.45, 7) is 8.12. The van der Waals surface area contributed by atoms with Gasteiger partial charge in [-0.1, -0.05) is 39.0 Å². The van der Waals surface area contributed by atoms with E-state index in [4.69, 9.17) is 14.4 Å². The van der Waals surface area contributed by atoms with Crippen molar-refractivity contribution in [1.29, 1.82) is 0 Å². The third kappa shape index (κ3) is 5.49. The summed E-state index contributed by atoms with van der Waals surface area (Å²) in [6, 6.07) is 8.75. The summed E-state index contributed by atoms with van der Waals surface area (Å²) >= 11 is 0. The molecular weight excluding hydrogens is 457 g/mol. The first kappa shape index (κ1) is 24.8. The first-order chi connectivity index (χ1) is 16.7. The van der Waals surface area contributed by atoms with Crippen LogP contribution in [-0.2, 0) is 19.0 Å². The van der Waals surface area contributed by atoms with Crippen LogP contribution in [0.3, 0.4) is 0 Å². The van der Waals surface area contributed by atoms with E-state index in [0.29, 0.717) is 56.2 Å². The molecule has 3 aromatic rings. The molecule has 0 unspecified atom stereocenters. The number of aromatic nitrogens is 2. The number of carbonyl (C=O) groups is 1. The largest absolute Gasteiger partial charge is 0.459 e. The van der Waals surface area contributed by atoms with Crippen LogP contribution in [0, 0.1) is 0 Å². The molecule has 186 valence electrons. The van der Waals surface area contributed by atoms with Gasteiger partial charge in [0.25, 0.3) is 5.91 Å². The average molecular weight is 487 g/mol. The van der Waals surface area contributed by atoms with Gasteiger partial charge >= 0.3 is 6.18 Å². The molecule has 0 radical (unpaired) electrons. The van der Waals surface area contributed by atoms with E-state index in [9.17, 15) is 18.0 Å². The molecule has 0 saturated carbocycles. The summed E-state index contributed by atoms with van der Waals surface area (Å²) in [4.78, 5) is 26.1. The van der Waals surface area contributed by atoms with E-state index in [2.05, 4.69) is 4.90 Å². The van der Waals surface area contributed by atoms with Gasteiger partial charge < -0.3 is 14.2 Å². The molecule has 2 aromatic heterocycles. The van der Waals surface area contributed by atoms with Crippen LogP contribution in [0.1, 0.15) is 65.5 Å². The van der Waals surface area contributed by atoms with Crippen molar-refractivity contribution >= 4 is 11.7 Å². The van der Waals surface area contributed by atoms with Crippen molar-refractivity contribution in [3.63, 3.8) is 0 Å². The van der Waals surface area contributed by atoms with Crippen molar-refractivity contribution in [3.8, 4) is 0 Å². The number of nitrogens with zero attached hydrogens (tertiary/aromatic N) is 4. The fraction of sp³-hybridized carbons (Fsp3) is 0.423. The van der Waals surface area contributed by atoms with Gasteiger partial charge in [-0.25, -0.2) is 9.97 Å². The van der Waals surface area contributed by atoms with Crippen molar-refractivity contribution < 1.29 is 22.4 Å². The van der Waals surface area contributed by atoms with E-state index in [1.165, 1.54) is 18.4 Å². The summed E-state index contributed by atoms with van der Waals surface area (Å²) in [5.74, 6) is 1.70. The molecule has 1 aliphatic rings. The lowest BCUT2D eigenvalue weighted by atomic mass is 9.99. The van der Waals surface area contributed by atoms with Gasteiger partial charge in [0.15, 0.2) is 5.76 Å². The number of amides is 1. The third-order valence-corrected chi connectivity index (χ3v) is 6.17. The van der Waals surface area contributed by atoms with Gasteiger partial charge in [0.2, 0.25) is 0 Å². The summed E-state index contributed by atoms with van der Waals surface area (Å²) < 4.78 is 45.1. The first-order valence-electron chi connectivity index (χ1n) is 11.8. The monoisotopic (exact) mass is 486 g/mol. The van der Waals surface area contributed by atoms with Crippen LogP contribution in [0.15, 0.2) is 47.1 Å². The zero-order valence-corrected chi connectivity index (χ0v) is 20.1. The van der Waals surface area contributed by atoms with Crippen molar-refractivity contribution in [2.45, 2.75) is 45.7 Å². The van der Waals surface area contributed by atoms with E-state index in [-0.39, 0.29) is 11.8 Å². The quantitative estimate of drug-likeness (QED) is 0.472. The Kier molecular flexibility index (Phi) is 7.14. The van der Waals surface area contributed by atoms with Gasteiger partial charge in [0.05, 0.1) is 11.8 Å². The fourth-order valence-corrected chi connectivity index (χ4v) is 4.27. The number of anilines is 1. The third-order valence-electron chi connectivity index (χ3n) is 6.17. The van der Waals surface area contributed by atoms with Gasteiger partial charge in [0, 0.05) is 49.8 Å². The molecule has 0 bridgehead atoms. The Morgan fingerprint density at radius 3 is 2.43 bits per heavy atom. The maximum absolute atomic E-state index is 13.3. The lowest BCUT2D eigenvalue weighted by Crippen LogP contribution is -2.49. The SMILES string of the molecule is CCc1nc(C(C)C)nc(N2CCN(C(=O)c3ccco3)CC2)c1Cc1cccc(C(F)(F)F)c1. The second-order valence-electron chi connectivity index (χ2n) is 8.97.